The van der Waals surface area contributed by atoms with Crippen molar-refractivity contribution < 1.29 is 4.79 Å². The third kappa shape index (κ3) is 3.38. The van der Waals surface area contributed by atoms with Gasteiger partial charge in [0.25, 0.3) is 0 Å². The lowest BCUT2D eigenvalue weighted by Crippen LogP contribution is -2.42. The maximum absolute atomic E-state index is 12.7. The number of carbonyl (C=O) groups is 1. The first-order chi connectivity index (χ1) is 9.57. The summed E-state index contributed by atoms with van der Waals surface area (Å²) in [6, 6.07) is 3.72. The van der Waals surface area contributed by atoms with E-state index in [4.69, 9.17) is 5.73 Å². The monoisotopic (exact) mass is 339 g/mol. The predicted molar refractivity (Wildman–Crippen MR) is 84.5 cm³/mol. The van der Waals surface area contributed by atoms with Gasteiger partial charge in [0.1, 0.15) is 4.60 Å². The Bertz CT molecular complexity index is 482. The molecule has 3 N–H and O–H groups in total. The zero-order valence-electron chi connectivity index (χ0n) is 11.9. The molecule has 0 aliphatic heterocycles. The summed E-state index contributed by atoms with van der Waals surface area (Å²) in [5.41, 5.74) is 7.12. The summed E-state index contributed by atoms with van der Waals surface area (Å²) in [5, 5.41) is 3.02. The van der Waals surface area contributed by atoms with Gasteiger partial charge in [0.15, 0.2) is 0 Å². The van der Waals surface area contributed by atoms with Gasteiger partial charge in [-0.25, -0.2) is 4.98 Å². The second kappa shape index (κ2) is 6.68. The molecule has 0 unspecified atom stereocenters. The third-order valence-corrected chi connectivity index (χ3v) is 4.67. The molecule has 0 spiro atoms. The van der Waals surface area contributed by atoms with Crippen molar-refractivity contribution in [2.45, 2.75) is 45.4 Å². The van der Waals surface area contributed by atoms with Gasteiger partial charge in [-0.05, 0) is 47.8 Å². The van der Waals surface area contributed by atoms with Crippen LogP contribution in [0.5, 0.6) is 0 Å². The Kier molecular flexibility index (Phi) is 5.16. The number of aromatic nitrogens is 1. The van der Waals surface area contributed by atoms with E-state index in [2.05, 4.69) is 26.2 Å². The lowest BCUT2D eigenvalue weighted by atomic mass is 9.79. The van der Waals surface area contributed by atoms with Gasteiger partial charge < -0.3 is 11.1 Å². The lowest BCUT2D eigenvalue weighted by molar-refractivity contribution is -0.125. The number of carbonyl (C=O) groups excluding carboxylic acids is 1. The first-order valence-corrected chi connectivity index (χ1v) is 8.01. The number of nitrogens with two attached hydrogens (primary N) is 1. The first-order valence-electron chi connectivity index (χ1n) is 7.22. The molecule has 1 aliphatic rings. The summed E-state index contributed by atoms with van der Waals surface area (Å²) in [5.74, 6) is 0.0501. The van der Waals surface area contributed by atoms with E-state index in [-0.39, 0.29) is 5.91 Å². The minimum absolute atomic E-state index is 0.0501. The van der Waals surface area contributed by atoms with Crippen LogP contribution in [0.2, 0.25) is 0 Å². The number of hydrogen-bond acceptors (Lipinski definition) is 3. The fourth-order valence-corrected chi connectivity index (χ4v) is 3.24. The summed E-state index contributed by atoms with van der Waals surface area (Å²) in [6.07, 6.45) is 6.35. The van der Waals surface area contributed by atoms with Gasteiger partial charge in [0.05, 0.1) is 16.8 Å². The molecule has 4 nitrogen and oxygen atoms in total. The van der Waals surface area contributed by atoms with Gasteiger partial charge in [-0.3, -0.25) is 4.79 Å². The van der Waals surface area contributed by atoms with Gasteiger partial charge in [0, 0.05) is 6.54 Å². The highest BCUT2D eigenvalue weighted by Gasteiger charge is 2.37. The highest BCUT2D eigenvalue weighted by molar-refractivity contribution is 9.10. The SMILES string of the molecule is Cc1nc(Br)ccc1NC(=O)C1(CN)CCCCCC1. The summed E-state index contributed by atoms with van der Waals surface area (Å²) in [7, 11) is 0. The highest BCUT2D eigenvalue weighted by Crippen LogP contribution is 2.35. The van der Waals surface area contributed by atoms with Crippen molar-refractivity contribution in [2.75, 3.05) is 11.9 Å². The lowest BCUT2D eigenvalue weighted by Gasteiger charge is -2.30. The fraction of sp³-hybridized carbons (Fsp3) is 0.600. The molecule has 0 aromatic carbocycles. The Balaban J connectivity index is 2.16. The third-order valence-electron chi connectivity index (χ3n) is 4.23. The fourth-order valence-electron chi connectivity index (χ4n) is 2.85. The number of hydrogen-bond donors (Lipinski definition) is 2. The molecule has 0 bridgehead atoms. The number of pyridine rings is 1. The molecule has 1 heterocycles. The number of nitrogens with zero attached hydrogens (tertiary/aromatic N) is 1. The number of rotatable bonds is 3. The van der Waals surface area contributed by atoms with Gasteiger partial charge >= 0.3 is 0 Å². The molecule has 1 saturated carbocycles. The van der Waals surface area contributed by atoms with E-state index in [1.807, 2.05) is 19.1 Å². The van der Waals surface area contributed by atoms with Crippen molar-refractivity contribution in [1.29, 1.82) is 0 Å². The molecular formula is C15H22BrN3O. The zero-order chi connectivity index (χ0) is 14.6. The molecule has 110 valence electrons. The number of amides is 1. The first kappa shape index (κ1) is 15.4. The van der Waals surface area contributed by atoms with Gasteiger partial charge in [-0.1, -0.05) is 25.7 Å². The molecular weight excluding hydrogens is 318 g/mol. The molecule has 20 heavy (non-hydrogen) atoms. The quantitative estimate of drug-likeness (QED) is 0.655. The van der Waals surface area contributed by atoms with Crippen molar-refractivity contribution in [2.24, 2.45) is 11.1 Å². The molecule has 1 aromatic heterocycles. The molecule has 0 saturated heterocycles. The number of nitrogens with one attached hydrogen (secondary N) is 1. The summed E-state index contributed by atoms with van der Waals surface area (Å²) in [4.78, 5) is 17.0. The number of anilines is 1. The van der Waals surface area contributed by atoms with Crippen molar-refractivity contribution in [3.05, 3.63) is 22.4 Å². The Hall–Kier alpha value is -0.940. The second-order valence-corrected chi connectivity index (χ2v) is 6.43. The topological polar surface area (TPSA) is 68.0 Å². The Morgan fingerprint density at radius 2 is 2.00 bits per heavy atom. The zero-order valence-corrected chi connectivity index (χ0v) is 13.5. The Labute approximate surface area is 128 Å². The van der Waals surface area contributed by atoms with Crippen LogP contribution in [-0.2, 0) is 4.79 Å². The van der Waals surface area contributed by atoms with Crippen molar-refractivity contribution in [1.82, 2.24) is 4.98 Å². The van der Waals surface area contributed by atoms with Gasteiger partial charge in [0.2, 0.25) is 5.91 Å². The summed E-state index contributed by atoms with van der Waals surface area (Å²) in [6.45, 7) is 2.31. The maximum Gasteiger partial charge on any atom is 0.231 e. The molecule has 2 rings (SSSR count). The minimum atomic E-state index is -0.407. The van der Waals surface area contributed by atoms with Crippen molar-refractivity contribution in [3.8, 4) is 0 Å². The van der Waals surface area contributed by atoms with Gasteiger partial charge in [-0.2, -0.15) is 0 Å². The minimum Gasteiger partial charge on any atom is -0.329 e. The van der Waals surface area contributed by atoms with E-state index in [1.54, 1.807) is 0 Å². The largest absolute Gasteiger partial charge is 0.329 e. The standard InChI is InChI=1S/C15H22BrN3O/c1-11-12(6-7-13(16)18-11)19-14(20)15(10-17)8-4-2-3-5-9-15/h6-7H,2-5,8-10,17H2,1H3,(H,19,20). The normalized spacial score (nSPS) is 18.4. The van der Waals surface area contributed by atoms with E-state index >= 15 is 0 Å². The molecule has 1 amide bonds. The molecule has 5 heteroatoms. The van der Waals surface area contributed by atoms with E-state index < -0.39 is 5.41 Å². The Morgan fingerprint density at radius 1 is 1.35 bits per heavy atom. The van der Waals surface area contributed by atoms with Crippen LogP contribution in [0.15, 0.2) is 16.7 Å². The molecule has 1 aromatic rings. The number of halogens is 1. The smallest absolute Gasteiger partial charge is 0.231 e. The molecule has 1 fully saturated rings. The van der Waals surface area contributed by atoms with Crippen molar-refractivity contribution in [3.63, 3.8) is 0 Å². The van der Waals surface area contributed by atoms with E-state index in [0.717, 1.165) is 41.7 Å². The number of aryl methyl sites for hydroxylation is 1. The van der Waals surface area contributed by atoms with E-state index in [1.165, 1.54) is 12.8 Å². The van der Waals surface area contributed by atoms with Crippen LogP contribution in [0.25, 0.3) is 0 Å². The van der Waals surface area contributed by atoms with Gasteiger partial charge in [-0.15, -0.1) is 0 Å². The summed E-state index contributed by atoms with van der Waals surface area (Å²) < 4.78 is 0.774. The average molecular weight is 340 g/mol. The summed E-state index contributed by atoms with van der Waals surface area (Å²) >= 11 is 3.33. The van der Waals surface area contributed by atoms with Crippen LogP contribution < -0.4 is 11.1 Å². The van der Waals surface area contributed by atoms with Crippen molar-refractivity contribution >= 4 is 27.5 Å². The molecule has 0 radical (unpaired) electrons. The van der Waals surface area contributed by atoms with E-state index in [0.29, 0.717) is 6.54 Å². The Morgan fingerprint density at radius 3 is 2.55 bits per heavy atom. The maximum atomic E-state index is 12.7. The molecule has 0 atom stereocenters. The van der Waals surface area contributed by atoms with Crippen LogP contribution in [0, 0.1) is 12.3 Å². The van der Waals surface area contributed by atoms with Crippen LogP contribution in [0.1, 0.15) is 44.2 Å². The predicted octanol–water partition coefficient (Wildman–Crippen LogP) is 3.39. The molecule has 1 aliphatic carbocycles. The van der Waals surface area contributed by atoms with E-state index in [9.17, 15) is 4.79 Å². The van der Waals surface area contributed by atoms with Crippen LogP contribution in [0.3, 0.4) is 0 Å². The highest BCUT2D eigenvalue weighted by atomic mass is 79.9. The van der Waals surface area contributed by atoms with Crippen LogP contribution >= 0.6 is 15.9 Å². The van der Waals surface area contributed by atoms with Crippen LogP contribution in [-0.4, -0.2) is 17.4 Å². The second-order valence-electron chi connectivity index (χ2n) is 5.62. The van der Waals surface area contributed by atoms with Crippen LogP contribution in [0.4, 0.5) is 5.69 Å². The average Bonchev–Trinajstić information content (AvgIpc) is 2.68.